The van der Waals surface area contributed by atoms with Crippen molar-refractivity contribution >= 4 is 29.5 Å². The van der Waals surface area contributed by atoms with Crippen LogP contribution in [-0.2, 0) is 11.3 Å². The molecule has 0 saturated carbocycles. The van der Waals surface area contributed by atoms with Gasteiger partial charge in [-0.1, -0.05) is 29.8 Å². The maximum Gasteiger partial charge on any atom is 0.252 e. The Labute approximate surface area is 217 Å². The van der Waals surface area contributed by atoms with Gasteiger partial charge in [0.25, 0.3) is 5.91 Å². The number of hydrogen-bond donors (Lipinski definition) is 1. The average Bonchev–Trinajstić information content (AvgIpc) is 2.86. The molecule has 2 amide bonds. The van der Waals surface area contributed by atoms with Crippen LogP contribution in [0, 0.1) is 5.82 Å². The largest absolute Gasteiger partial charge is 0.349 e. The average molecular weight is 513 g/mol. The highest BCUT2D eigenvalue weighted by Crippen LogP contribution is 2.20. The van der Waals surface area contributed by atoms with Crippen LogP contribution in [-0.4, -0.2) is 78.4 Å². The van der Waals surface area contributed by atoms with Crippen molar-refractivity contribution in [2.75, 3.05) is 39.8 Å². The SMILES string of the molecule is CC1CN(Cc2ccc(F)cc2)CCN1C(=O)/C=C/c1ccc(Cl)cc1C(=O)NC1CCN(C)CC1. The standard InChI is InChI=1S/C28H34ClFN4O2/c1-20-18-33(19-21-3-8-24(30)9-4-21)15-16-34(20)27(35)10-6-22-5-7-23(29)17-26(22)28(36)31-25-11-13-32(2)14-12-25/h3-10,17,20,25H,11-16,18-19H2,1-2H3,(H,31,36)/b10-6+. The Morgan fingerprint density at radius 2 is 1.81 bits per heavy atom. The van der Waals surface area contributed by atoms with Crippen molar-refractivity contribution < 1.29 is 14.0 Å². The van der Waals surface area contributed by atoms with Crippen LogP contribution in [0.5, 0.6) is 0 Å². The second-order valence-electron chi connectivity index (χ2n) is 9.86. The Balaban J connectivity index is 1.37. The second kappa shape index (κ2) is 12.0. The van der Waals surface area contributed by atoms with Gasteiger partial charge in [-0.3, -0.25) is 14.5 Å². The van der Waals surface area contributed by atoms with Crippen molar-refractivity contribution in [2.45, 2.75) is 38.4 Å². The van der Waals surface area contributed by atoms with Crippen LogP contribution < -0.4 is 5.32 Å². The molecule has 2 aliphatic heterocycles. The van der Waals surface area contributed by atoms with Gasteiger partial charge < -0.3 is 15.1 Å². The number of rotatable bonds is 6. The van der Waals surface area contributed by atoms with E-state index in [1.54, 1.807) is 42.5 Å². The molecule has 1 N–H and O–H groups in total. The molecule has 2 heterocycles. The van der Waals surface area contributed by atoms with Crippen LogP contribution in [0.15, 0.2) is 48.5 Å². The summed E-state index contributed by atoms with van der Waals surface area (Å²) in [6.07, 6.45) is 5.08. The lowest BCUT2D eigenvalue weighted by Crippen LogP contribution is -2.53. The Morgan fingerprint density at radius 3 is 2.50 bits per heavy atom. The van der Waals surface area contributed by atoms with E-state index in [2.05, 4.69) is 22.2 Å². The maximum atomic E-state index is 13.2. The molecule has 0 spiro atoms. The summed E-state index contributed by atoms with van der Waals surface area (Å²) in [4.78, 5) is 32.4. The monoisotopic (exact) mass is 512 g/mol. The van der Waals surface area contributed by atoms with Crippen molar-refractivity contribution in [2.24, 2.45) is 0 Å². The Hall–Kier alpha value is -2.74. The number of carbonyl (C=O) groups excluding carboxylic acids is 2. The van der Waals surface area contributed by atoms with E-state index in [0.717, 1.165) is 51.1 Å². The van der Waals surface area contributed by atoms with E-state index in [1.807, 2.05) is 11.8 Å². The molecule has 0 bridgehead atoms. The van der Waals surface area contributed by atoms with E-state index in [4.69, 9.17) is 11.6 Å². The number of piperidine rings is 1. The molecule has 2 aliphatic rings. The van der Waals surface area contributed by atoms with E-state index in [1.165, 1.54) is 12.1 Å². The molecule has 1 unspecified atom stereocenters. The maximum absolute atomic E-state index is 13.2. The highest BCUT2D eigenvalue weighted by atomic mass is 35.5. The summed E-state index contributed by atoms with van der Waals surface area (Å²) in [5.41, 5.74) is 2.19. The summed E-state index contributed by atoms with van der Waals surface area (Å²) < 4.78 is 13.2. The number of carbonyl (C=O) groups is 2. The molecule has 1 atom stereocenters. The zero-order chi connectivity index (χ0) is 25.7. The summed E-state index contributed by atoms with van der Waals surface area (Å²) in [5.74, 6) is -0.486. The minimum Gasteiger partial charge on any atom is -0.349 e. The molecule has 0 aliphatic carbocycles. The van der Waals surface area contributed by atoms with Crippen LogP contribution in [0.2, 0.25) is 5.02 Å². The number of hydrogen-bond acceptors (Lipinski definition) is 4. The van der Waals surface area contributed by atoms with Crippen molar-refractivity contribution in [1.82, 2.24) is 20.0 Å². The number of piperazine rings is 1. The molecule has 0 aromatic heterocycles. The fraction of sp³-hybridized carbons (Fsp3) is 0.429. The van der Waals surface area contributed by atoms with Crippen LogP contribution in [0.3, 0.4) is 0 Å². The number of nitrogens with one attached hydrogen (secondary N) is 1. The molecule has 192 valence electrons. The van der Waals surface area contributed by atoms with E-state index in [9.17, 15) is 14.0 Å². The first-order chi connectivity index (χ1) is 17.3. The van der Waals surface area contributed by atoms with Gasteiger partial charge in [0, 0.05) is 54.9 Å². The van der Waals surface area contributed by atoms with Gasteiger partial charge in [0.1, 0.15) is 5.82 Å². The van der Waals surface area contributed by atoms with Gasteiger partial charge in [-0.2, -0.15) is 0 Å². The van der Waals surface area contributed by atoms with E-state index >= 15 is 0 Å². The first kappa shape index (κ1) is 26.3. The number of nitrogens with zero attached hydrogens (tertiary/aromatic N) is 3. The molecule has 2 aromatic rings. The Bertz CT molecular complexity index is 1100. The van der Waals surface area contributed by atoms with Gasteiger partial charge in [0.15, 0.2) is 0 Å². The van der Waals surface area contributed by atoms with Gasteiger partial charge in [-0.25, -0.2) is 4.39 Å². The lowest BCUT2D eigenvalue weighted by molar-refractivity contribution is -0.130. The third-order valence-corrected chi connectivity index (χ3v) is 7.27. The van der Waals surface area contributed by atoms with Crippen LogP contribution in [0.4, 0.5) is 4.39 Å². The fourth-order valence-corrected chi connectivity index (χ4v) is 5.07. The van der Waals surface area contributed by atoms with Crippen LogP contribution >= 0.6 is 11.6 Å². The van der Waals surface area contributed by atoms with Gasteiger partial charge in [-0.15, -0.1) is 0 Å². The minimum absolute atomic E-state index is 0.0359. The van der Waals surface area contributed by atoms with Crippen molar-refractivity contribution in [1.29, 1.82) is 0 Å². The Kier molecular flexibility index (Phi) is 8.77. The summed E-state index contributed by atoms with van der Waals surface area (Å²) in [6.45, 7) is 6.76. The molecular formula is C28H34ClFN4O2. The topological polar surface area (TPSA) is 55.9 Å². The smallest absolute Gasteiger partial charge is 0.252 e. The highest BCUT2D eigenvalue weighted by Gasteiger charge is 2.26. The number of amides is 2. The molecule has 4 rings (SSSR count). The Morgan fingerprint density at radius 1 is 1.08 bits per heavy atom. The van der Waals surface area contributed by atoms with Gasteiger partial charge in [0.2, 0.25) is 5.91 Å². The van der Waals surface area contributed by atoms with Crippen molar-refractivity contribution in [3.63, 3.8) is 0 Å². The summed E-state index contributed by atoms with van der Waals surface area (Å²) in [7, 11) is 2.08. The molecule has 0 radical (unpaired) electrons. The van der Waals surface area contributed by atoms with Crippen molar-refractivity contribution in [3.05, 3.63) is 76.1 Å². The second-order valence-corrected chi connectivity index (χ2v) is 10.3. The van der Waals surface area contributed by atoms with Crippen molar-refractivity contribution in [3.8, 4) is 0 Å². The molecule has 6 nitrogen and oxygen atoms in total. The van der Waals surface area contributed by atoms with Gasteiger partial charge in [-0.05, 0) is 81.4 Å². The molecule has 2 aromatic carbocycles. The molecule has 36 heavy (non-hydrogen) atoms. The minimum atomic E-state index is -0.238. The van der Waals surface area contributed by atoms with Crippen LogP contribution in [0.1, 0.15) is 41.3 Å². The first-order valence-corrected chi connectivity index (χ1v) is 12.9. The zero-order valence-corrected chi connectivity index (χ0v) is 21.7. The first-order valence-electron chi connectivity index (χ1n) is 12.5. The van der Waals surface area contributed by atoms with Gasteiger partial charge >= 0.3 is 0 Å². The summed E-state index contributed by atoms with van der Waals surface area (Å²) in [6, 6.07) is 11.9. The van der Waals surface area contributed by atoms with E-state index < -0.39 is 0 Å². The van der Waals surface area contributed by atoms with E-state index in [0.29, 0.717) is 22.7 Å². The molecular weight excluding hydrogens is 479 g/mol. The third kappa shape index (κ3) is 6.93. The molecule has 8 heteroatoms. The normalized spacial score (nSPS) is 20.1. The third-order valence-electron chi connectivity index (χ3n) is 7.03. The van der Waals surface area contributed by atoms with E-state index in [-0.39, 0.29) is 29.7 Å². The molecule has 2 fully saturated rings. The van der Waals surface area contributed by atoms with Crippen LogP contribution in [0.25, 0.3) is 6.08 Å². The lowest BCUT2D eigenvalue weighted by Gasteiger charge is -2.39. The predicted molar refractivity (Wildman–Crippen MR) is 141 cm³/mol. The fourth-order valence-electron chi connectivity index (χ4n) is 4.90. The quantitative estimate of drug-likeness (QED) is 0.593. The number of likely N-dealkylation sites (tertiary alicyclic amines) is 1. The number of benzene rings is 2. The molecule has 2 saturated heterocycles. The zero-order valence-electron chi connectivity index (χ0n) is 20.9. The summed E-state index contributed by atoms with van der Waals surface area (Å²) in [5, 5.41) is 3.61. The van der Waals surface area contributed by atoms with Gasteiger partial charge in [0.05, 0.1) is 0 Å². The predicted octanol–water partition coefficient (Wildman–Crippen LogP) is 4.05. The number of halogens is 2. The lowest BCUT2D eigenvalue weighted by atomic mass is 10.0. The highest BCUT2D eigenvalue weighted by molar-refractivity contribution is 6.31. The summed E-state index contributed by atoms with van der Waals surface area (Å²) >= 11 is 6.20.